The summed E-state index contributed by atoms with van der Waals surface area (Å²) in [7, 11) is 1.58. The number of nitrogens with one attached hydrogen (secondary N) is 1. The van der Waals surface area contributed by atoms with Gasteiger partial charge in [0, 0.05) is 7.11 Å². The van der Waals surface area contributed by atoms with Gasteiger partial charge in [-0.1, -0.05) is 5.16 Å². The maximum absolute atomic E-state index is 6.19. The topological polar surface area (TPSA) is 103 Å². The second-order valence-corrected chi connectivity index (χ2v) is 4.60. The lowest BCUT2D eigenvalue weighted by atomic mass is 9.77. The molecule has 1 aliphatic rings. The van der Waals surface area contributed by atoms with Gasteiger partial charge in [-0.2, -0.15) is 4.98 Å². The predicted octanol–water partition coefficient (Wildman–Crippen LogP) is 0.944. The number of methoxy groups -OCH3 is 1. The first-order valence-corrected chi connectivity index (χ1v) is 5.87. The van der Waals surface area contributed by atoms with Crippen LogP contribution < -0.4 is 5.73 Å². The van der Waals surface area contributed by atoms with Crippen LogP contribution in [0.15, 0.2) is 10.7 Å². The molecule has 0 bridgehead atoms. The smallest absolute Gasteiger partial charge is 0.276 e. The number of ether oxygens (including phenoxy) is 1. The molecule has 3 rings (SSSR count). The first kappa shape index (κ1) is 11.4. The molecule has 0 radical (unpaired) electrons. The number of rotatable bonds is 4. The van der Waals surface area contributed by atoms with Crippen molar-refractivity contribution >= 4 is 0 Å². The van der Waals surface area contributed by atoms with Gasteiger partial charge in [0.2, 0.25) is 0 Å². The van der Waals surface area contributed by atoms with Crippen LogP contribution in [-0.2, 0) is 16.9 Å². The van der Waals surface area contributed by atoms with Crippen molar-refractivity contribution < 1.29 is 9.26 Å². The largest absolute Gasteiger partial charge is 0.377 e. The van der Waals surface area contributed by atoms with Crippen molar-refractivity contribution in [1.82, 2.24) is 20.1 Å². The lowest BCUT2D eigenvalue weighted by Gasteiger charge is -2.35. The quantitative estimate of drug-likeness (QED) is 0.836. The lowest BCUT2D eigenvalue weighted by molar-refractivity contribution is 0.174. The summed E-state index contributed by atoms with van der Waals surface area (Å²) >= 11 is 0. The fourth-order valence-electron chi connectivity index (χ4n) is 2.03. The van der Waals surface area contributed by atoms with E-state index < -0.39 is 0 Å². The van der Waals surface area contributed by atoms with Gasteiger partial charge < -0.3 is 20.0 Å². The first-order chi connectivity index (χ1) is 8.71. The molecule has 1 saturated carbocycles. The molecule has 0 aliphatic heterocycles. The van der Waals surface area contributed by atoms with Gasteiger partial charge in [0.05, 0.1) is 11.7 Å². The predicted molar refractivity (Wildman–Crippen MR) is 62.3 cm³/mol. The lowest BCUT2D eigenvalue weighted by Crippen LogP contribution is -2.44. The molecule has 0 atom stereocenters. The van der Waals surface area contributed by atoms with E-state index in [-0.39, 0.29) is 5.54 Å². The summed E-state index contributed by atoms with van der Waals surface area (Å²) in [5.74, 6) is 1.70. The van der Waals surface area contributed by atoms with E-state index in [9.17, 15) is 0 Å². The van der Waals surface area contributed by atoms with E-state index in [0.29, 0.717) is 24.0 Å². The number of hydrogen-bond acceptors (Lipinski definition) is 6. The average Bonchev–Trinajstić information content (AvgIpc) is 2.94. The molecule has 7 nitrogen and oxygen atoms in total. The number of aromatic amines is 1. The van der Waals surface area contributed by atoms with Crippen LogP contribution in [0.3, 0.4) is 0 Å². The molecule has 96 valence electrons. The third-order valence-electron chi connectivity index (χ3n) is 3.27. The summed E-state index contributed by atoms with van der Waals surface area (Å²) in [6.07, 6.45) is 4.73. The minimum atomic E-state index is -0.312. The van der Waals surface area contributed by atoms with E-state index in [1.54, 1.807) is 13.3 Å². The standard InChI is InChI=1S/C11H15N5O2/c1-17-6-8-15-9(18-16-8)7-5-13-10(14-7)11(12)3-2-4-11/h5H,2-4,6,12H2,1H3,(H,13,14). The van der Waals surface area contributed by atoms with Gasteiger partial charge in [-0.3, -0.25) is 0 Å². The average molecular weight is 249 g/mol. The molecular formula is C11H15N5O2. The van der Waals surface area contributed by atoms with Gasteiger partial charge >= 0.3 is 0 Å². The molecule has 0 spiro atoms. The van der Waals surface area contributed by atoms with Crippen molar-refractivity contribution in [2.45, 2.75) is 31.4 Å². The Kier molecular flexibility index (Phi) is 2.64. The van der Waals surface area contributed by atoms with Crippen LogP contribution in [-0.4, -0.2) is 27.2 Å². The first-order valence-electron chi connectivity index (χ1n) is 5.87. The monoisotopic (exact) mass is 249 g/mol. The summed E-state index contributed by atoms with van der Waals surface area (Å²) in [4.78, 5) is 11.7. The molecule has 1 fully saturated rings. The summed E-state index contributed by atoms with van der Waals surface area (Å²) in [5.41, 5.74) is 6.57. The molecule has 0 saturated heterocycles. The van der Waals surface area contributed by atoms with Crippen LogP contribution in [0.5, 0.6) is 0 Å². The Balaban J connectivity index is 1.83. The number of nitrogens with zero attached hydrogens (tertiary/aromatic N) is 3. The second kappa shape index (κ2) is 4.18. The number of H-pyrrole nitrogens is 1. The molecule has 0 unspecified atom stereocenters. The Labute approximate surface area is 104 Å². The molecule has 3 N–H and O–H groups in total. The van der Waals surface area contributed by atoms with Crippen LogP contribution in [0.25, 0.3) is 11.6 Å². The molecule has 2 heterocycles. The van der Waals surface area contributed by atoms with Gasteiger partial charge in [-0.15, -0.1) is 0 Å². The Morgan fingerprint density at radius 3 is 3.06 bits per heavy atom. The summed E-state index contributed by atoms with van der Waals surface area (Å²) in [5, 5.41) is 3.80. The van der Waals surface area contributed by atoms with E-state index in [0.717, 1.165) is 25.1 Å². The van der Waals surface area contributed by atoms with Crippen LogP contribution in [0.2, 0.25) is 0 Å². The SMILES string of the molecule is COCc1noc(-c2cnc(C3(N)CCC3)[nH]2)n1. The summed E-state index contributed by atoms with van der Waals surface area (Å²) < 4.78 is 10.1. The highest BCUT2D eigenvalue weighted by Gasteiger charge is 2.37. The second-order valence-electron chi connectivity index (χ2n) is 4.60. The fraction of sp³-hybridized carbons (Fsp3) is 0.545. The van der Waals surface area contributed by atoms with E-state index in [1.165, 1.54) is 0 Å². The number of nitrogens with two attached hydrogens (primary N) is 1. The zero-order valence-electron chi connectivity index (χ0n) is 10.1. The number of imidazole rings is 1. The van der Waals surface area contributed by atoms with Crippen molar-refractivity contribution in [3.05, 3.63) is 17.8 Å². The normalized spacial score (nSPS) is 17.7. The molecule has 0 amide bonds. The van der Waals surface area contributed by atoms with E-state index >= 15 is 0 Å². The van der Waals surface area contributed by atoms with Crippen LogP contribution in [0, 0.1) is 0 Å². The Morgan fingerprint density at radius 2 is 2.39 bits per heavy atom. The fourth-order valence-corrected chi connectivity index (χ4v) is 2.03. The highest BCUT2D eigenvalue weighted by atomic mass is 16.5. The minimum Gasteiger partial charge on any atom is -0.377 e. The van der Waals surface area contributed by atoms with Crippen molar-refractivity contribution in [2.24, 2.45) is 5.73 Å². The van der Waals surface area contributed by atoms with Crippen LogP contribution in [0.1, 0.15) is 30.9 Å². The van der Waals surface area contributed by atoms with Gasteiger partial charge in [0.25, 0.3) is 5.89 Å². The highest BCUT2D eigenvalue weighted by Crippen LogP contribution is 2.37. The Morgan fingerprint density at radius 1 is 1.56 bits per heavy atom. The van der Waals surface area contributed by atoms with Crippen molar-refractivity contribution in [2.75, 3.05) is 7.11 Å². The maximum atomic E-state index is 6.19. The van der Waals surface area contributed by atoms with E-state index in [1.807, 2.05) is 0 Å². The van der Waals surface area contributed by atoms with Gasteiger partial charge in [-0.25, -0.2) is 4.98 Å². The van der Waals surface area contributed by atoms with Crippen LogP contribution in [0.4, 0.5) is 0 Å². The van der Waals surface area contributed by atoms with Gasteiger partial charge in [-0.05, 0) is 19.3 Å². The Bertz CT molecular complexity index is 543. The third-order valence-corrected chi connectivity index (χ3v) is 3.27. The molecule has 1 aliphatic carbocycles. The van der Waals surface area contributed by atoms with Gasteiger partial charge in [0.15, 0.2) is 5.82 Å². The van der Waals surface area contributed by atoms with Crippen molar-refractivity contribution in [3.63, 3.8) is 0 Å². The van der Waals surface area contributed by atoms with Crippen molar-refractivity contribution in [3.8, 4) is 11.6 Å². The summed E-state index contributed by atoms with van der Waals surface area (Å²) in [6.45, 7) is 0.325. The van der Waals surface area contributed by atoms with E-state index in [4.69, 9.17) is 15.0 Å². The molecular weight excluding hydrogens is 234 g/mol. The molecule has 2 aromatic rings. The zero-order chi connectivity index (χ0) is 12.6. The number of aromatic nitrogens is 4. The Hall–Kier alpha value is -1.73. The van der Waals surface area contributed by atoms with Gasteiger partial charge in [0.1, 0.15) is 18.1 Å². The van der Waals surface area contributed by atoms with Crippen molar-refractivity contribution in [1.29, 1.82) is 0 Å². The molecule has 18 heavy (non-hydrogen) atoms. The summed E-state index contributed by atoms with van der Waals surface area (Å²) in [6, 6.07) is 0. The van der Waals surface area contributed by atoms with E-state index in [2.05, 4.69) is 20.1 Å². The molecule has 0 aromatic carbocycles. The van der Waals surface area contributed by atoms with Crippen LogP contribution >= 0.6 is 0 Å². The molecule has 2 aromatic heterocycles. The molecule has 7 heteroatoms. The maximum Gasteiger partial charge on any atom is 0.276 e. The zero-order valence-corrected chi connectivity index (χ0v) is 10.1. The highest BCUT2D eigenvalue weighted by molar-refractivity contribution is 5.45. The third kappa shape index (κ3) is 1.81. The number of hydrogen-bond donors (Lipinski definition) is 2. The minimum absolute atomic E-state index is 0.312.